The fourth-order valence-corrected chi connectivity index (χ4v) is 6.68. The summed E-state index contributed by atoms with van der Waals surface area (Å²) in [7, 11) is 0. The zero-order chi connectivity index (χ0) is 28.0. The highest BCUT2D eigenvalue weighted by Crippen LogP contribution is 2.61. The van der Waals surface area contributed by atoms with Crippen molar-refractivity contribution in [2.45, 2.75) is 18.8 Å². The fourth-order valence-electron chi connectivity index (χ4n) is 6.68. The third-order valence-corrected chi connectivity index (χ3v) is 8.26. The number of carbonyl (C=O) groups is 4. The smallest absolute Gasteiger partial charge is 0.338 e. The Balaban J connectivity index is 1.13. The Kier molecular flexibility index (Phi) is 6.37. The number of nitro benzene ring substituents is 1. The lowest BCUT2D eigenvalue weighted by Gasteiger charge is -2.28. The molecule has 0 radical (unpaired) electrons. The van der Waals surface area contributed by atoms with Crippen LogP contribution in [0.25, 0.3) is 0 Å². The van der Waals surface area contributed by atoms with E-state index in [1.807, 2.05) is 18.2 Å². The topological polar surface area (TPSA) is 136 Å². The van der Waals surface area contributed by atoms with E-state index >= 15 is 0 Å². The normalized spacial score (nSPS) is 24.6. The van der Waals surface area contributed by atoms with Crippen LogP contribution in [-0.2, 0) is 19.1 Å². The van der Waals surface area contributed by atoms with E-state index < -0.39 is 23.4 Å². The molecule has 3 aromatic carbocycles. The first-order valence-electron chi connectivity index (χ1n) is 13.1. The number of nitrogens with zero attached hydrogens (tertiary/aromatic N) is 2. The van der Waals surface area contributed by atoms with Crippen LogP contribution >= 0.6 is 0 Å². The average molecular weight is 540 g/mol. The second-order valence-electron chi connectivity index (χ2n) is 10.5. The van der Waals surface area contributed by atoms with Gasteiger partial charge in [-0.15, -0.1) is 0 Å². The molecule has 3 aromatic rings. The molecule has 1 heterocycles. The van der Waals surface area contributed by atoms with Gasteiger partial charge in [0.15, 0.2) is 6.61 Å². The van der Waals surface area contributed by atoms with Crippen molar-refractivity contribution in [1.82, 2.24) is 0 Å². The highest BCUT2D eigenvalue weighted by Gasteiger charge is 2.64. The van der Waals surface area contributed by atoms with Gasteiger partial charge in [0.1, 0.15) is 0 Å². The van der Waals surface area contributed by atoms with E-state index in [9.17, 15) is 29.3 Å². The van der Waals surface area contributed by atoms with Gasteiger partial charge >= 0.3 is 5.97 Å². The second kappa shape index (κ2) is 10.0. The summed E-state index contributed by atoms with van der Waals surface area (Å²) in [6, 6.07) is 21.6. The molecule has 2 saturated carbocycles. The maximum atomic E-state index is 13.6. The first-order valence-corrected chi connectivity index (χ1v) is 13.1. The van der Waals surface area contributed by atoms with E-state index in [0.717, 1.165) is 12.8 Å². The van der Waals surface area contributed by atoms with Crippen LogP contribution in [0, 0.1) is 33.8 Å². The predicted molar refractivity (Wildman–Crippen MR) is 143 cm³/mol. The van der Waals surface area contributed by atoms with Crippen LogP contribution in [-0.4, -0.2) is 35.2 Å². The molecule has 3 amide bonds. The Bertz CT molecular complexity index is 1540. The van der Waals surface area contributed by atoms with E-state index in [-0.39, 0.29) is 58.3 Å². The van der Waals surface area contributed by atoms with Gasteiger partial charge in [0, 0.05) is 17.8 Å². The number of non-ortho nitro benzene ring substituents is 1. The molecule has 10 nitrogen and oxygen atoms in total. The van der Waals surface area contributed by atoms with Crippen LogP contribution in [0.2, 0.25) is 0 Å². The number of fused-ring (bicyclic) bond motifs is 5. The van der Waals surface area contributed by atoms with Gasteiger partial charge in [0.2, 0.25) is 11.8 Å². The monoisotopic (exact) mass is 539 g/mol. The molecule has 1 aliphatic heterocycles. The quantitative estimate of drug-likeness (QED) is 0.204. The lowest BCUT2D eigenvalue weighted by Crippen LogP contribution is -2.33. The van der Waals surface area contributed by atoms with Crippen LogP contribution in [0.3, 0.4) is 0 Å². The summed E-state index contributed by atoms with van der Waals surface area (Å²) in [6.07, 6.45) is 1.75. The van der Waals surface area contributed by atoms with Crippen LogP contribution < -0.4 is 10.2 Å². The Labute approximate surface area is 229 Å². The van der Waals surface area contributed by atoms with E-state index in [1.165, 1.54) is 46.9 Å². The Hall–Kier alpha value is -4.86. The van der Waals surface area contributed by atoms with Gasteiger partial charge in [-0.1, -0.05) is 42.5 Å². The molecule has 6 rings (SSSR count). The number of ether oxygens (including phenoxy) is 1. The van der Waals surface area contributed by atoms with Crippen molar-refractivity contribution in [3.63, 3.8) is 0 Å². The van der Waals surface area contributed by atoms with Crippen molar-refractivity contribution in [2.75, 3.05) is 16.8 Å². The number of nitro groups is 1. The van der Waals surface area contributed by atoms with Crippen LogP contribution in [0.1, 0.15) is 34.7 Å². The number of hydrogen-bond acceptors (Lipinski definition) is 7. The SMILES string of the molecule is O=C(COC(=O)c1cccc(N2C(=O)[C@@H]3[C@@H]4C[C@@H]([C@H]3C2=O)[C@H](c2ccccc2)C4)c1)Nc1cccc([N+](=O)[O-])c1. The van der Waals surface area contributed by atoms with Gasteiger partial charge in [-0.2, -0.15) is 0 Å². The van der Waals surface area contributed by atoms with E-state index in [1.54, 1.807) is 12.1 Å². The first-order chi connectivity index (χ1) is 19.3. The Morgan fingerprint density at radius 1 is 0.925 bits per heavy atom. The molecular weight excluding hydrogens is 514 g/mol. The highest BCUT2D eigenvalue weighted by molar-refractivity contribution is 6.23. The molecule has 3 aliphatic rings. The molecule has 5 atom stereocenters. The number of anilines is 2. The molecule has 2 aliphatic carbocycles. The summed E-state index contributed by atoms with van der Waals surface area (Å²) in [5.74, 6) is -2.14. The summed E-state index contributed by atoms with van der Waals surface area (Å²) in [5.41, 5.74) is 1.59. The Morgan fingerprint density at radius 2 is 1.68 bits per heavy atom. The minimum absolute atomic E-state index is 0.0865. The van der Waals surface area contributed by atoms with Gasteiger partial charge in [0.05, 0.1) is 28.0 Å². The molecule has 0 unspecified atom stereocenters. The summed E-state index contributed by atoms with van der Waals surface area (Å²) >= 11 is 0. The third kappa shape index (κ3) is 4.41. The number of amides is 3. The average Bonchev–Trinajstić information content (AvgIpc) is 3.63. The molecule has 1 N–H and O–H groups in total. The molecule has 3 fully saturated rings. The number of imide groups is 1. The molecule has 1 saturated heterocycles. The first kappa shape index (κ1) is 25.4. The van der Waals surface area contributed by atoms with E-state index in [2.05, 4.69) is 17.4 Å². The molecule has 202 valence electrons. The van der Waals surface area contributed by atoms with Crippen molar-refractivity contribution in [3.8, 4) is 0 Å². The molecule has 0 aromatic heterocycles. The lowest BCUT2D eigenvalue weighted by molar-refractivity contribution is -0.384. The van der Waals surface area contributed by atoms with Gasteiger partial charge in [-0.3, -0.25) is 29.4 Å². The predicted octanol–water partition coefficient (Wildman–Crippen LogP) is 4.32. The second-order valence-corrected chi connectivity index (χ2v) is 10.5. The van der Waals surface area contributed by atoms with E-state index in [4.69, 9.17) is 4.74 Å². The molecule has 0 spiro atoms. The minimum atomic E-state index is -0.806. The number of nitrogens with one attached hydrogen (secondary N) is 1. The van der Waals surface area contributed by atoms with Crippen LogP contribution in [0.15, 0.2) is 78.9 Å². The van der Waals surface area contributed by atoms with Crippen LogP contribution in [0.5, 0.6) is 0 Å². The summed E-state index contributed by atoms with van der Waals surface area (Å²) in [4.78, 5) is 63.5. The van der Waals surface area contributed by atoms with E-state index in [0.29, 0.717) is 5.69 Å². The van der Waals surface area contributed by atoms with Gasteiger partial charge in [-0.25, -0.2) is 4.79 Å². The molecule has 2 bridgehead atoms. The minimum Gasteiger partial charge on any atom is -0.452 e. The zero-order valence-corrected chi connectivity index (χ0v) is 21.3. The molecular formula is C30H25N3O7. The molecule has 10 heteroatoms. The maximum Gasteiger partial charge on any atom is 0.338 e. The highest BCUT2D eigenvalue weighted by atomic mass is 16.6. The van der Waals surface area contributed by atoms with Crippen molar-refractivity contribution in [3.05, 3.63) is 100 Å². The summed E-state index contributed by atoms with van der Waals surface area (Å²) in [5, 5.41) is 13.4. The number of rotatable bonds is 7. The Morgan fingerprint density at radius 3 is 2.45 bits per heavy atom. The summed E-state index contributed by atoms with van der Waals surface area (Å²) in [6.45, 7) is -0.623. The van der Waals surface area contributed by atoms with Crippen molar-refractivity contribution in [1.29, 1.82) is 0 Å². The van der Waals surface area contributed by atoms with Gasteiger partial charge < -0.3 is 10.1 Å². The van der Waals surface area contributed by atoms with Crippen LogP contribution in [0.4, 0.5) is 17.1 Å². The zero-order valence-electron chi connectivity index (χ0n) is 21.3. The summed E-state index contributed by atoms with van der Waals surface area (Å²) < 4.78 is 5.12. The van der Waals surface area contributed by atoms with Gasteiger partial charge in [-0.05, 0) is 60.4 Å². The molecule has 40 heavy (non-hydrogen) atoms. The largest absolute Gasteiger partial charge is 0.452 e. The number of esters is 1. The lowest BCUT2D eigenvalue weighted by atomic mass is 9.73. The van der Waals surface area contributed by atoms with Crippen molar-refractivity contribution in [2.24, 2.45) is 23.7 Å². The van der Waals surface area contributed by atoms with Gasteiger partial charge in [0.25, 0.3) is 11.6 Å². The van der Waals surface area contributed by atoms with Crippen molar-refractivity contribution >= 4 is 40.8 Å². The van der Waals surface area contributed by atoms with Crippen molar-refractivity contribution < 1.29 is 28.8 Å². The third-order valence-electron chi connectivity index (χ3n) is 8.26. The number of carbonyl (C=O) groups excluding carboxylic acids is 4. The number of benzene rings is 3. The number of hydrogen-bond donors (Lipinski definition) is 1. The maximum absolute atomic E-state index is 13.6. The standard InChI is InChI=1S/C30H25N3O7/c34-25(31-20-9-5-11-22(15-20)33(38)39)16-40-30(37)18-8-4-10-21(12-18)32-28(35)26-19-13-23(17-6-2-1-3-7-17)24(14-19)27(26)29(32)36/h1-12,15,19,23-24,26-27H,13-14,16H2,(H,31,34)/t19-,23-,24+,26+,27+/m0/s1. The fraction of sp³-hybridized carbons (Fsp3) is 0.267.